The van der Waals surface area contributed by atoms with Crippen LogP contribution in [0, 0.1) is 11.5 Å². The van der Waals surface area contributed by atoms with Crippen LogP contribution in [0.1, 0.15) is 15.9 Å². The van der Waals surface area contributed by atoms with Gasteiger partial charge in [-0.1, -0.05) is 34.7 Å². The summed E-state index contributed by atoms with van der Waals surface area (Å²) in [5.74, 6) is -0.603. The van der Waals surface area contributed by atoms with Crippen molar-refractivity contribution in [3.05, 3.63) is 35.4 Å². The fraction of sp³-hybridized carbons (Fsp3) is 0.111. The van der Waals surface area contributed by atoms with Crippen LogP contribution in [0.15, 0.2) is 24.3 Å². The lowest BCUT2D eigenvalue weighted by atomic mass is 10.1. The van der Waals surface area contributed by atoms with Crippen LogP contribution in [0.5, 0.6) is 0 Å². The molecule has 1 rings (SSSR count). The fourth-order valence-electron chi connectivity index (χ4n) is 0.882. The Kier molecular flexibility index (Phi) is 3.71. The molecule has 0 aliphatic rings. The second-order valence-corrected chi connectivity index (χ2v) is 3.08. The first-order valence-electron chi connectivity index (χ1n) is 3.53. The van der Waals surface area contributed by atoms with Crippen molar-refractivity contribution < 1.29 is 9.53 Å². The summed E-state index contributed by atoms with van der Waals surface area (Å²) in [6.07, 6.45) is 1.35. The van der Waals surface area contributed by atoms with Gasteiger partial charge in [-0.25, -0.2) is 4.79 Å². The number of benzene rings is 1. The van der Waals surface area contributed by atoms with Crippen LogP contribution in [-0.2, 0) is 9.16 Å². The molecule has 0 aliphatic carbocycles. The van der Waals surface area contributed by atoms with Gasteiger partial charge in [0.05, 0.1) is 5.56 Å². The monoisotopic (exact) mass is 287 g/mol. The quantitative estimate of drug-likeness (QED) is 0.363. The zero-order valence-electron chi connectivity index (χ0n) is 6.66. The first kappa shape index (κ1) is 9.99. The second-order valence-electron chi connectivity index (χ2n) is 2.31. The van der Waals surface area contributed by atoms with Crippen molar-refractivity contribution in [1.29, 1.82) is 5.26 Å². The zero-order valence-corrected chi connectivity index (χ0v) is 8.82. The number of alkyl halides is 1. The molecule has 1 aromatic rings. The number of hydrogen-bond acceptors (Lipinski definition) is 3. The molecule has 13 heavy (non-hydrogen) atoms. The van der Waals surface area contributed by atoms with E-state index in [-0.39, 0.29) is 0 Å². The number of carbonyl (C=O) groups is 1. The van der Waals surface area contributed by atoms with E-state index < -0.39 is 5.97 Å². The van der Waals surface area contributed by atoms with Crippen molar-refractivity contribution in [3.8, 4) is 6.26 Å². The molecule has 4 heteroatoms. The first-order chi connectivity index (χ1) is 6.27. The largest absolute Gasteiger partial charge is 0.353 e. The predicted molar refractivity (Wildman–Crippen MR) is 55.2 cm³/mol. The molecule has 0 unspecified atom stereocenters. The van der Waals surface area contributed by atoms with Gasteiger partial charge in [0.25, 0.3) is 6.26 Å². The molecule has 0 atom stereocenters. The molecule has 66 valence electrons. The molecule has 0 N–H and O–H groups in total. The molecule has 0 aliphatic heterocycles. The smallest absolute Gasteiger partial charge is 0.347 e. The second kappa shape index (κ2) is 4.82. The summed E-state index contributed by atoms with van der Waals surface area (Å²) in [6, 6.07) is 7.01. The molecule has 0 heterocycles. The van der Waals surface area contributed by atoms with E-state index in [1.807, 2.05) is 6.07 Å². The van der Waals surface area contributed by atoms with Gasteiger partial charge in [-0.05, 0) is 17.7 Å². The Balaban J connectivity index is 2.89. The highest BCUT2D eigenvalue weighted by atomic mass is 127. The summed E-state index contributed by atoms with van der Waals surface area (Å²) in [5, 5.41) is 8.13. The van der Waals surface area contributed by atoms with Crippen molar-refractivity contribution in [2.24, 2.45) is 0 Å². The summed E-state index contributed by atoms with van der Waals surface area (Å²) >= 11 is 2.20. The van der Waals surface area contributed by atoms with E-state index in [1.165, 1.54) is 6.26 Å². The highest BCUT2D eigenvalue weighted by Crippen LogP contribution is 2.09. The summed E-state index contributed by atoms with van der Waals surface area (Å²) in [5.41, 5.74) is 1.45. The molecule has 0 fully saturated rings. The average Bonchev–Trinajstić information content (AvgIpc) is 2.18. The minimum Gasteiger partial charge on any atom is -0.347 e. The SMILES string of the molecule is N#COC(=O)c1cccc(CI)c1. The molecule has 0 radical (unpaired) electrons. The number of rotatable bonds is 2. The lowest BCUT2D eigenvalue weighted by Crippen LogP contribution is -2.00. The van der Waals surface area contributed by atoms with Gasteiger partial charge >= 0.3 is 5.97 Å². The van der Waals surface area contributed by atoms with Gasteiger partial charge in [0.1, 0.15) is 0 Å². The van der Waals surface area contributed by atoms with E-state index in [9.17, 15) is 4.79 Å². The molecule has 0 saturated carbocycles. The van der Waals surface area contributed by atoms with Crippen molar-refractivity contribution in [2.75, 3.05) is 0 Å². The summed E-state index contributed by atoms with van der Waals surface area (Å²) in [4.78, 5) is 11.1. The number of nitriles is 1. The minimum atomic E-state index is -0.603. The van der Waals surface area contributed by atoms with Crippen molar-refractivity contribution in [3.63, 3.8) is 0 Å². The van der Waals surface area contributed by atoms with Gasteiger partial charge in [-0.2, -0.15) is 0 Å². The summed E-state index contributed by atoms with van der Waals surface area (Å²) in [6.45, 7) is 0. The molecule has 0 saturated heterocycles. The Bertz CT molecular complexity index is 357. The lowest BCUT2D eigenvalue weighted by molar-refractivity contribution is 0.0685. The Labute approximate surface area is 89.5 Å². The van der Waals surface area contributed by atoms with Crippen LogP contribution < -0.4 is 0 Å². The number of ether oxygens (including phenoxy) is 1. The molecular weight excluding hydrogens is 281 g/mol. The lowest BCUT2D eigenvalue weighted by Gasteiger charge is -1.98. The number of halogens is 1. The van der Waals surface area contributed by atoms with Crippen LogP contribution in [0.4, 0.5) is 0 Å². The normalized spacial score (nSPS) is 8.92. The molecule has 0 aromatic heterocycles. The van der Waals surface area contributed by atoms with Crippen LogP contribution in [-0.4, -0.2) is 5.97 Å². The van der Waals surface area contributed by atoms with Crippen molar-refractivity contribution in [1.82, 2.24) is 0 Å². The van der Waals surface area contributed by atoms with Crippen LogP contribution in [0.2, 0.25) is 0 Å². The topological polar surface area (TPSA) is 50.1 Å². The van der Waals surface area contributed by atoms with Gasteiger partial charge in [0.15, 0.2) is 0 Å². The third-order valence-electron chi connectivity index (χ3n) is 1.46. The van der Waals surface area contributed by atoms with E-state index in [0.717, 1.165) is 9.99 Å². The van der Waals surface area contributed by atoms with Gasteiger partial charge in [-0.15, -0.1) is 5.26 Å². The molecule has 0 bridgehead atoms. The zero-order chi connectivity index (χ0) is 9.68. The third kappa shape index (κ3) is 2.70. The minimum absolute atomic E-state index is 0.413. The van der Waals surface area contributed by atoms with Crippen LogP contribution in [0.25, 0.3) is 0 Å². The van der Waals surface area contributed by atoms with Gasteiger partial charge in [-0.3, -0.25) is 0 Å². The van der Waals surface area contributed by atoms with E-state index in [0.29, 0.717) is 5.56 Å². The Morgan fingerprint density at radius 1 is 1.62 bits per heavy atom. The maximum Gasteiger partial charge on any atom is 0.353 e. The van der Waals surface area contributed by atoms with Crippen molar-refractivity contribution in [2.45, 2.75) is 4.43 Å². The maximum absolute atomic E-state index is 11.1. The summed E-state index contributed by atoms with van der Waals surface area (Å²) in [7, 11) is 0. The number of carbonyl (C=O) groups excluding carboxylic acids is 1. The maximum atomic E-state index is 11.1. The molecule has 0 spiro atoms. The van der Waals surface area contributed by atoms with E-state index in [4.69, 9.17) is 5.26 Å². The number of esters is 1. The molecule has 3 nitrogen and oxygen atoms in total. The van der Waals surface area contributed by atoms with E-state index in [1.54, 1.807) is 18.2 Å². The summed E-state index contributed by atoms with van der Waals surface area (Å²) < 4.78 is 5.02. The predicted octanol–water partition coefficient (Wildman–Crippen LogP) is 2.26. The van der Waals surface area contributed by atoms with Crippen LogP contribution in [0.3, 0.4) is 0 Å². The average molecular weight is 287 g/mol. The highest BCUT2D eigenvalue weighted by Gasteiger charge is 2.06. The molecule has 0 amide bonds. The molecule has 1 aromatic carbocycles. The Morgan fingerprint density at radius 3 is 3.00 bits per heavy atom. The number of nitrogens with zero attached hydrogens (tertiary/aromatic N) is 1. The van der Waals surface area contributed by atoms with E-state index in [2.05, 4.69) is 27.3 Å². The highest BCUT2D eigenvalue weighted by molar-refractivity contribution is 14.1. The Morgan fingerprint density at radius 2 is 2.38 bits per heavy atom. The number of hydrogen-bond donors (Lipinski definition) is 0. The van der Waals surface area contributed by atoms with Gasteiger partial charge in [0.2, 0.25) is 0 Å². The van der Waals surface area contributed by atoms with Gasteiger partial charge in [0, 0.05) is 4.43 Å². The fourth-order valence-corrected chi connectivity index (χ4v) is 1.36. The molecular formula is C9H6INO2. The third-order valence-corrected chi connectivity index (χ3v) is 2.34. The van der Waals surface area contributed by atoms with Crippen LogP contribution >= 0.6 is 22.6 Å². The Hall–Kier alpha value is -1.09. The first-order valence-corrected chi connectivity index (χ1v) is 5.05. The van der Waals surface area contributed by atoms with Crippen molar-refractivity contribution >= 4 is 28.6 Å². The standard InChI is InChI=1S/C9H6INO2/c10-5-7-2-1-3-8(4-7)9(12)13-6-11/h1-4H,5H2. The van der Waals surface area contributed by atoms with Gasteiger partial charge < -0.3 is 4.74 Å². The van der Waals surface area contributed by atoms with E-state index >= 15 is 0 Å².